The third-order valence-electron chi connectivity index (χ3n) is 21.1. The second-order valence-corrected chi connectivity index (χ2v) is 32.2. The zero-order valence-electron chi connectivity index (χ0n) is 56.5. The van der Waals surface area contributed by atoms with Crippen LogP contribution < -0.4 is 0 Å². The highest BCUT2D eigenvalue weighted by atomic mass is 16.6. The smallest absolute Gasteiger partial charge is 0.320 e. The van der Waals surface area contributed by atoms with Gasteiger partial charge in [-0.25, -0.2) is 0 Å². The number of likely N-dealkylation sites (tertiary alicyclic amines) is 5. The van der Waals surface area contributed by atoms with Gasteiger partial charge in [0.1, 0.15) is 30.5 Å². The van der Waals surface area contributed by atoms with Gasteiger partial charge in [0.25, 0.3) is 0 Å². The standard InChI is InChI=1S/C64H118N8O10/c1-55(2)30-45(31-56(3,4)65(55)21)78-50(73)40-70(26-28-71(41-51(74)79-46-32-57(5,6)66(22)58(7,8)33-46)42-52(75)80-47-34-59(9,10)67(23)60(11,12)35-47)27-29-72(43-53(76)81-48-36-61(13,14)68(24)62(15,16)37-48)44-54(77)82-49-38-63(17,18)69(25)64(19,20)39-49/h45-49H,26-44H2,1-25H3. The van der Waals surface area contributed by atoms with Crippen LogP contribution >= 0.6 is 0 Å². The third-order valence-corrected chi connectivity index (χ3v) is 21.1. The van der Waals surface area contributed by atoms with Crippen molar-refractivity contribution in [1.82, 2.24) is 39.2 Å². The molecule has 0 radical (unpaired) electrons. The van der Waals surface area contributed by atoms with Crippen LogP contribution in [-0.4, -0.2) is 249 Å². The van der Waals surface area contributed by atoms with Gasteiger partial charge in [0, 0.05) is 146 Å². The average molecular weight is 1160 g/mol. The van der Waals surface area contributed by atoms with E-state index in [1.54, 1.807) is 9.80 Å². The summed E-state index contributed by atoms with van der Waals surface area (Å²) in [6.07, 6.45) is 4.92. The molecule has 5 heterocycles. The highest BCUT2D eigenvalue weighted by Gasteiger charge is 2.49. The fraction of sp³-hybridized carbons (Fsp3) is 0.922. The van der Waals surface area contributed by atoms with Crippen LogP contribution in [0.25, 0.3) is 0 Å². The summed E-state index contributed by atoms with van der Waals surface area (Å²) in [6, 6.07) is 0. The number of esters is 5. The molecule has 18 heteroatoms. The molecule has 0 unspecified atom stereocenters. The lowest BCUT2D eigenvalue weighted by atomic mass is 9.79. The number of nitrogens with zero attached hydrogens (tertiary/aromatic N) is 8. The average Bonchev–Trinajstić information content (AvgIpc) is 3.50. The maximum absolute atomic E-state index is 14.4. The zero-order chi connectivity index (χ0) is 62.4. The highest BCUT2D eigenvalue weighted by molar-refractivity contribution is 5.76. The molecule has 5 saturated heterocycles. The molecule has 0 aromatic rings. The molecule has 5 fully saturated rings. The molecule has 5 aliphatic heterocycles. The van der Waals surface area contributed by atoms with Crippen LogP contribution in [0, 0.1) is 0 Å². The Balaban J connectivity index is 1.43. The minimum Gasteiger partial charge on any atom is -0.461 e. The van der Waals surface area contributed by atoms with Crippen molar-refractivity contribution in [2.45, 2.75) is 289 Å². The molecule has 0 N–H and O–H groups in total. The molecule has 0 bridgehead atoms. The van der Waals surface area contributed by atoms with Crippen LogP contribution in [0.1, 0.15) is 203 Å². The van der Waals surface area contributed by atoms with Crippen molar-refractivity contribution in [3.63, 3.8) is 0 Å². The number of rotatable bonds is 21. The van der Waals surface area contributed by atoms with E-state index in [4.69, 9.17) is 23.7 Å². The number of carbonyl (C=O) groups excluding carboxylic acids is 5. The van der Waals surface area contributed by atoms with Gasteiger partial charge in [-0.2, -0.15) is 0 Å². The van der Waals surface area contributed by atoms with Crippen molar-refractivity contribution >= 4 is 29.8 Å². The van der Waals surface area contributed by atoms with E-state index in [0.29, 0.717) is 64.2 Å². The second kappa shape index (κ2) is 25.4. The largest absolute Gasteiger partial charge is 0.461 e. The van der Waals surface area contributed by atoms with Crippen molar-refractivity contribution in [1.29, 1.82) is 0 Å². The molecule has 0 atom stereocenters. The van der Waals surface area contributed by atoms with Crippen molar-refractivity contribution in [2.24, 2.45) is 0 Å². The van der Waals surface area contributed by atoms with Gasteiger partial charge >= 0.3 is 29.8 Å². The molecule has 18 nitrogen and oxygen atoms in total. The first-order valence-corrected chi connectivity index (χ1v) is 30.9. The number of carbonyl (C=O) groups is 5. The summed E-state index contributed by atoms with van der Waals surface area (Å²) < 4.78 is 31.6. The van der Waals surface area contributed by atoms with Crippen LogP contribution in [-0.2, 0) is 47.7 Å². The Bertz CT molecular complexity index is 1910. The van der Waals surface area contributed by atoms with E-state index >= 15 is 0 Å². The summed E-state index contributed by atoms with van der Waals surface area (Å²) in [5.74, 6) is -2.17. The van der Waals surface area contributed by atoms with E-state index < -0.39 is 29.8 Å². The summed E-state index contributed by atoms with van der Waals surface area (Å²) >= 11 is 0. The topological polar surface area (TPSA) is 157 Å². The molecule has 5 rings (SSSR count). The van der Waals surface area contributed by atoms with E-state index in [0.717, 1.165) is 0 Å². The summed E-state index contributed by atoms with van der Waals surface area (Å²) in [7, 11) is 10.6. The number of ether oxygens (including phenoxy) is 5. The molecule has 0 spiro atoms. The normalized spacial score (nSPS) is 26.1. The Morgan fingerprint density at radius 1 is 0.268 bits per heavy atom. The Morgan fingerprint density at radius 2 is 0.390 bits per heavy atom. The van der Waals surface area contributed by atoms with Gasteiger partial charge in [0.2, 0.25) is 0 Å². The van der Waals surface area contributed by atoms with E-state index in [2.05, 4.69) is 198 Å². The van der Waals surface area contributed by atoms with Crippen LogP contribution in [0.3, 0.4) is 0 Å². The van der Waals surface area contributed by atoms with Gasteiger partial charge in [-0.05, 0) is 174 Å². The first-order chi connectivity index (χ1) is 37.1. The molecule has 5 aliphatic rings. The van der Waals surface area contributed by atoms with Crippen LogP contribution in [0.5, 0.6) is 0 Å². The quantitative estimate of drug-likeness (QED) is 0.0807. The molecule has 0 saturated carbocycles. The zero-order valence-corrected chi connectivity index (χ0v) is 56.5. The maximum Gasteiger partial charge on any atom is 0.320 e. The van der Waals surface area contributed by atoms with Gasteiger partial charge in [-0.3, -0.25) is 63.2 Å². The van der Waals surface area contributed by atoms with E-state index in [9.17, 15) is 24.0 Å². The Labute approximate surface area is 497 Å². The third kappa shape index (κ3) is 18.1. The molecule has 0 aliphatic carbocycles. The van der Waals surface area contributed by atoms with E-state index in [1.807, 2.05) is 4.90 Å². The Kier molecular flexibility index (Phi) is 21.6. The lowest BCUT2D eigenvalue weighted by Crippen LogP contribution is -2.60. The number of hydrogen-bond donors (Lipinski definition) is 0. The summed E-state index contributed by atoms with van der Waals surface area (Å²) in [5, 5.41) is 0. The Hall–Kier alpha value is -2.97. The SMILES string of the molecule is CN1C(C)(C)CC(OC(=O)CN(CCN(CC(=O)OC2CC(C)(C)N(C)C(C)(C)C2)CC(=O)OC2CC(C)(C)N(C)C(C)(C)C2)CCN(CC(=O)OC2CC(C)(C)N(C)C(C)(C)C2)CC(=O)OC2CC(C)(C)N(C)C(C)(C)C2)CC1(C)C. The summed E-state index contributed by atoms with van der Waals surface area (Å²) in [6.45, 7) is 43.3. The van der Waals surface area contributed by atoms with Gasteiger partial charge in [0.05, 0.1) is 32.7 Å². The molecule has 82 heavy (non-hydrogen) atoms. The second-order valence-electron chi connectivity index (χ2n) is 32.2. The van der Waals surface area contributed by atoms with Gasteiger partial charge in [-0.1, -0.05) is 0 Å². The van der Waals surface area contributed by atoms with Crippen molar-refractivity contribution in [3.05, 3.63) is 0 Å². The highest BCUT2D eigenvalue weighted by Crippen LogP contribution is 2.43. The predicted octanol–water partition coefficient (Wildman–Crippen LogP) is 7.87. The monoisotopic (exact) mass is 1160 g/mol. The lowest BCUT2D eigenvalue weighted by Gasteiger charge is -2.53. The van der Waals surface area contributed by atoms with Crippen LogP contribution in [0.2, 0.25) is 0 Å². The molecule has 0 aromatic heterocycles. The lowest BCUT2D eigenvalue weighted by molar-refractivity contribution is -0.165. The fourth-order valence-corrected chi connectivity index (χ4v) is 15.1. The van der Waals surface area contributed by atoms with Gasteiger partial charge < -0.3 is 23.7 Å². The first kappa shape index (κ1) is 69.8. The minimum absolute atomic E-state index is 0.113. The molecular weight excluding hydrogens is 1040 g/mol. The Morgan fingerprint density at radius 3 is 0.537 bits per heavy atom. The molecule has 474 valence electrons. The maximum atomic E-state index is 14.4. The summed E-state index contributed by atoms with van der Waals surface area (Å²) in [4.78, 5) is 88.5. The van der Waals surface area contributed by atoms with Crippen molar-refractivity contribution < 1.29 is 47.7 Å². The fourth-order valence-electron chi connectivity index (χ4n) is 15.1. The molecular formula is C64H118N8O10. The van der Waals surface area contributed by atoms with Crippen LogP contribution in [0.4, 0.5) is 0 Å². The predicted molar refractivity (Wildman–Crippen MR) is 324 cm³/mol. The van der Waals surface area contributed by atoms with E-state index in [-0.39, 0.29) is 145 Å². The molecule has 0 aromatic carbocycles. The van der Waals surface area contributed by atoms with Gasteiger partial charge in [-0.15, -0.1) is 0 Å². The number of piperidine rings is 5. The minimum atomic E-state index is -0.440. The molecule has 0 amide bonds. The van der Waals surface area contributed by atoms with Crippen molar-refractivity contribution in [2.75, 3.05) is 94.1 Å². The van der Waals surface area contributed by atoms with E-state index in [1.165, 1.54) is 0 Å². The van der Waals surface area contributed by atoms with Gasteiger partial charge in [0.15, 0.2) is 0 Å². The first-order valence-electron chi connectivity index (χ1n) is 30.9. The van der Waals surface area contributed by atoms with Crippen molar-refractivity contribution in [3.8, 4) is 0 Å². The summed E-state index contributed by atoms with van der Waals surface area (Å²) in [5.41, 5.74) is -2.21. The number of hydrogen-bond acceptors (Lipinski definition) is 18. The van der Waals surface area contributed by atoms with Crippen LogP contribution in [0.15, 0.2) is 0 Å².